The molecule has 54 heavy (non-hydrogen) atoms. The van der Waals surface area contributed by atoms with Gasteiger partial charge in [0.05, 0.1) is 5.69 Å². The van der Waals surface area contributed by atoms with Crippen molar-refractivity contribution in [3.63, 3.8) is 0 Å². The number of hydrogen-bond donors (Lipinski definition) is 0. The first-order chi connectivity index (χ1) is 26.8. The van der Waals surface area contributed by atoms with Crippen molar-refractivity contribution >= 4 is 59.3 Å². The molecule has 2 heteroatoms. The SMILES string of the molecule is c1ccc(-c2ccccc2-c2ccc(N(c3ccccc3)c3ccc(-c4ccc5sc6cc7ccccc7cc6c5c4)cc3-c3ccccc3)cc2)cc1. The fraction of sp³-hybridized carbons (Fsp3) is 0. The first kappa shape index (κ1) is 32.0. The van der Waals surface area contributed by atoms with Crippen LogP contribution in [0.25, 0.3) is 75.5 Å². The third kappa shape index (κ3) is 5.84. The summed E-state index contributed by atoms with van der Waals surface area (Å²) in [5.74, 6) is 0. The van der Waals surface area contributed by atoms with Crippen LogP contribution in [0.5, 0.6) is 0 Å². The minimum Gasteiger partial charge on any atom is -0.310 e. The third-order valence-electron chi connectivity index (χ3n) is 10.5. The maximum absolute atomic E-state index is 2.39. The summed E-state index contributed by atoms with van der Waals surface area (Å²) < 4.78 is 2.64. The molecule has 0 amide bonds. The lowest BCUT2D eigenvalue weighted by Crippen LogP contribution is -2.11. The van der Waals surface area contributed by atoms with Crippen molar-refractivity contribution in [3.8, 4) is 44.5 Å². The van der Waals surface area contributed by atoms with Gasteiger partial charge in [-0.25, -0.2) is 0 Å². The molecular weight excluding hydrogens is 671 g/mol. The lowest BCUT2D eigenvalue weighted by atomic mass is 9.94. The van der Waals surface area contributed by atoms with Crippen LogP contribution in [-0.2, 0) is 0 Å². The average Bonchev–Trinajstić information content (AvgIpc) is 3.61. The number of anilines is 3. The predicted molar refractivity (Wildman–Crippen MR) is 233 cm³/mol. The fourth-order valence-electron chi connectivity index (χ4n) is 7.80. The highest BCUT2D eigenvalue weighted by Crippen LogP contribution is 2.45. The molecule has 0 saturated carbocycles. The number of benzene rings is 9. The van der Waals surface area contributed by atoms with Crippen LogP contribution in [0.1, 0.15) is 0 Å². The van der Waals surface area contributed by atoms with Gasteiger partial charge in [-0.05, 0) is 110 Å². The van der Waals surface area contributed by atoms with Gasteiger partial charge in [0.25, 0.3) is 0 Å². The largest absolute Gasteiger partial charge is 0.310 e. The topological polar surface area (TPSA) is 3.24 Å². The van der Waals surface area contributed by atoms with E-state index in [0.29, 0.717) is 0 Å². The summed E-state index contributed by atoms with van der Waals surface area (Å²) in [6.07, 6.45) is 0. The maximum Gasteiger partial charge on any atom is 0.0540 e. The molecule has 0 saturated heterocycles. The zero-order chi connectivity index (χ0) is 35.8. The van der Waals surface area contributed by atoms with Crippen LogP contribution in [0.15, 0.2) is 212 Å². The summed E-state index contributed by atoms with van der Waals surface area (Å²) >= 11 is 1.87. The van der Waals surface area contributed by atoms with Crippen LogP contribution < -0.4 is 4.90 Å². The van der Waals surface area contributed by atoms with Crippen LogP contribution in [0.4, 0.5) is 17.1 Å². The van der Waals surface area contributed by atoms with E-state index in [0.717, 1.165) is 17.1 Å². The average molecular weight is 706 g/mol. The maximum atomic E-state index is 2.39. The minimum atomic E-state index is 1.10. The van der Waals surface area contributed by atoms with E-state index >= 15 is 0 Å². The van der Waals surface area contributed by atoms with Crippen molar-refractivity contribution in [2.24, 2.45) is 0 Å². The standard InChI is InChI=1S/C52H35NS/c1-4-14-36(15-5-1)45-22-12-13-23-46(45)38-24-28-44(29-25-38)53(43-20-8-3-9-21-43)50-30-26-41(32-47(50)37-16-6-2-7-17-37)42-27-31-51-48(34-42)49-33-39-18-10-11-19-40(39)35-52(49)54-51/h1-35H. The number of rotatable bonds is 7. The molecule has 10 aromatic rings. The van der Waals surface area contributed by atoms with Gasteiger partial charge in [0, 0.05) is 37.1 Å². The predicted octanol–water partition coefficient (Wildman–Crippen LogP) is 15.3. The number of hydrogen-bond acceptors (Lipinski definition) is 2. The summed E-state index contributed by atoms with van der Waals surface area (Å²) in [5.41, 5.74) is 13.0. The Morgan fingerprint density at radius 1 is 0.296 bits per heavy atom. The molecule has 0 atom stereocenters. The Morgan fingerprint density at radius 2 is 0.778 bits per heavy atom. The molecule has 0 aliphatic carbocycles. The Morgan fingerprint density at radius 3 is 1.46 bits per heavy atom. The Kier molecular flexibility index (Phi) is 8.09. The van der Waals surface area contributed by atoms with Crippen LogP contribution in [0.3, 0.4) is 0 Å². The number of para-hydroxylation sites is 1. The van der Waals surface area contributed by atoms with Gasteiger partial charge in [0.15, 0.2) is 0 Å². The highest BCUT2D eigenvalue weighted by molar-refractivity contribution is 7.25. The van der Waals surface area contributed by atoms with E-state index in [1.807, 2.05) is 11.3 Å². The summed E-state index contributed by atoms with van der Waals surface area (Å²) in [5, 5.41) is 5.19. The molecule has 10 rings (SSSR count). The molecule has 1 aromatic heterocycles. The molecule has 0 N–H and O–H groups in total. The van der Waals surface area contributed by atoms with Crippen LogP contribution >= 0.6 is 11.3 Å². The van der Waals surface area contributed by atoms with E-state index in [1.165, 1.54) is 75.5 Å². The van der Waals surface area contributed by atoms with E-state index in [2.05, 4.69) is 217 Å². The zero-order valence-corrected chi connectivity index (χ0v) is 30.4. The minimum absolute atomic E-state index is 1.10. The van der Waals surface area contributed by atoms with Crippen LogP contribution in [0, 0.1) is 0 Å². The van der Waals surface area contributed by atoms with Gasteiger partial charge >= 0.3 is 0 Å². The lowest BCUT2D eigenvalue weighted by molar-refractivity contribution is 1.28. The normalized spacial score (nSPS) is 11.3. The van der Waals surface area contributed by atoms with E-state index in [9.17, 15) is 0 Å². The van der Waals surface area contributed by atoms with E-state index in [4.69, 9.17) is 0 Å². The molecule has 0 spiro atoms. The summed E-state index contributed by atoms with van der Waals surface area (Å²) in [7, 11) is 0. The highest BCUT2D eigenvalue weighted by atomic mass is 32.1. The molecule has 254 valence electrons. The van der Waals surface area contributed by atoms with Gasteiger partial charge in [0.1, 0.15) is 0 Å². The van der Waals surface area contributed by atoms with Crippen molar-refractivity contribution in [2.45, 2.75) is 0 Å². The number of nitrogens with zero attached hydrogens (tertiary/aromatic N) is 1. The lowest BCUT2D eigenvalue weighted by Gasteiger charge is -2.28. The van der Waals surface area contributed by atoms with Crippen molar-refractivity contribution < 1.29 is 0 Å². The molecule has 1 heterocycles. The molecule has 0 aliphatic heterocycles. The van der Waals surface area contributed by atoms with E-state index in [-0.39, 0.29) is 0 Å². The molecule has 1 nitrogen and oxygen atoms in total. The van der Waals surface area contributed by atoms with Gasteiger partial charge in [-0.2, -0.15) is 0 Å². The first-order valence-corrected chi connectivity index (χ1v) is 19.2. The van der Waals surface area contributed by atoms with Crippen LogP contribution in [0.2, 0.25) is 0 Å². The van der Waals surface area contributed by atoms with E-state index in [1.54, 1.807) is 0 Å². The quantitative estimate of drug-likeness (QED) is 0.160. The van der Waals surface area contributed by atoms with Crippen molar-refractivity contribution in [1.29, 1.82) is 0 Å². The monoisotopic (exact) mass is 705 g/mol. The highest BCUT2D eigenvalue weighted by Gasteiger charge is 2.19. The smallest absolute Gasteiger partial charge is 0.0540 e. The Labute approximate surface area is 319 Å². The molecular formula is C52H35NS. The first-order valence-electron chi connectivity index (χ1n) is 18.4. The number of fused-ring (bicyclic) bond motifs is 4. The summed E-state index contributed by atoms with van der Waals surface area (Å²) in [6, 6.07) is 77.1. The second-order valence-electron chi connectivity index (χ2n) is 13.7. The Bertz CT molecular complexity index is 2910. The van der Waals surface area contributed by atoms with E-state index < -0.39 is 0 Å². The number of thiophene rings is 1. The molecule has 0 radical (unpaired) electrons. The van der Waals surface area contributed by atoms with Gasteiger partial charge < -0.3 is 4.90 Å². The molecule has 0 fully saturated rings. The molecule has 0 bridgehead atoms. The van der Waals surface area contributed by atoms with Gasteiger partial charge in [-0.15, -0.1) is 11.3 Å². The summed E-state index contributed by atoms with van der Waals surface area (Å²) in [4.78, 5) is 2.39. The third-order valence-corrected chi connectivity index (χ3v) is 11.6. The molecule has 9 aromatic carbocycles. The zero-order valence-electron chi connectivity index (χ0n) is 29.6. The van der Waals surface area contributed by atoms with Crippen molar-refractivity contribution in [3.05, 3.63) is 212 Å². The fourth-order valence-corrected chi connectivity index (χ4v) is 8.92. The second-order valence-corrected chi connectivity index (χ2v) is 14.8. The van der Waals surface area contributed by atoms with Crippen LogP contribution in [-0.4, -0.2) is 0 Å². The molecule has 0 unspecified atom stereocenters. The van der Waals surface area contributed by atoms with Gasteiger partial charge in [-0.3, -0.25) is 0 Å². The molecule has 0 aliphatic rings. The van der Waals surface area contributed by atoms with Gasteiger partial charge in [-0.1, -0.05) is 152 Å². The van der Waals surface area contributed by atoms with Gasteiger partial charge in [0.2, 0.25) is 0 Å². The second kappa shape index (κ2) is 13.7. The summed E-state index contributed by atoms with van der Waals surface area (Å²) in [6.45, 7) is 0. The Balaban J connectivity index is 1.10. The Hall–Kier alpha value is -6.74. The van der Waals surface area contributed by atoms with Crippen molar-refractivity contribution in [1.82, 2.24) is 0 Å². The van der Waals surface area contributed by atoms with Crippen molar-refractivity contribution in [2.75, 3.05) is 4.90 Å².